The Kier molecular flexibility index (Phi) is 4.12. The highest BCUT2D eigenvalue weighted by Crippen LogP contribution is 2.34. The van der Waals surface area contributed by atoms with Gasteiger partial charge in [-0.05, 0) is 25.7 Å². The van der Waals surface area contributed by atoms with Gasteiger partial charge in [-0.1, -0.05) is 17.8 Å². The van der Waals surface area contributed by atoms with Crippen molar-refractivity contribution in [3.8, 4) is 0 Å². The Hall–Kier alpha value is -1.76. The Morgan fingerprint density at radius 1 is 1.08 bits per heavy atom. The number of ketones is 1. The van der Waals surface area contributed by atoms with Crippen molar-refractivity contribution < 1.29 is 14.4 Å². The Bertz CT molecular complexity index is 689. The quantitative estimate of drug-likeness (QED) is 0.909. The van der Waals surface area contributed by atoms with Crippen LogP contribution in [-0.2, 0) is 16.0 Å². The van der Waals surface area contributed by atoms with E-state index in [0.717, 1.165) is 45.2 Å². The van der Waals surface area contributed by atoms with E-state index in [1.807, 2.05) is 4.90 Å². The number of hydrogen-bond donors (Lipinski definition) is 1. The first kappa shape index (κ1) is 15.7. The van der Waals surface area contributed by atoms with Crippen molar-refractivity contribution in [1.29, 1.82) is 0 Å². The van der Waals surface area contributed by atoms with Gasteiger partial charge in [-0.25, -0.2) is 4.98 Å². The number of Topliss-reactive ketones (excluding diaryl/α,β-unsaturated/α-hetero) is 1. The van der Waals surface area contributed by atoms with Gasteiger partial charge in [-0.2, -0.15) is 0 Å². The first-order chi connectivity index (χ1) is 11.6. The van der Waals surface area contributed by atoms with Gasteiger partial charge in [-0.15, -0.1) is 0 Å². The summed E-state index contributed by atoms with van der Waals surface area (Å²) in [5.41, 5.74) is 0.678. The molecule has 2 amide bonds. The molecule has 1 saturated heterocycles. The van der Waals surface area contributed by atoms with Crippen molar-refractivity contribution in [1.82, 2.24) is 9.88 Å². The molecule has 6 nitrogen and oxygen atoms in total. The van der Waals surface area contributed by atoms with Crippen molar-refractivity contribution in [2.75, 3.05) is 18.4 Å². The standard InChI is InChI=1S/C17H21N3O3S/c21-13-9-11(16(23)20-6-1-2-7-20)8-12-14(13)24-17(18-12)19-15(22)10-4-3-5-10/h10-11H,1-9H2,(H,18,19,22)/t11-/m1/s1. The fourth-order valence-electron chi connectivity index (χ4n) is 3.63. The van der Waals surface area contributed by atoms with Gasteiger partial charge in [0.05, 0.1) is 16.5 Å². The summed E-state index contributed by atoms with van der Waals surface area (Å²) in [5.74, 6) is -0.133. The molecule has 1 atom stereocenters. The lowest BCUT2D eigenvalue weighted by atomic mass is 9.85. The molecule has 0 bridgehead atoms. The number of carbonyl (C=O) groups is 3. The average molecular weight is 347 g/mol. The van der Waals surface area contributed by atoms with Crippen LogP contribution >= 0.6 is 11.3 Å². The molecule has 128 valence electrons. The maximum atomic E-state index is 12.6. The number of anilines is 1. The molecule has 24 heavy (non-hydrogen) atoms. The minimum atomic E-state index is -0.291. The molecule has 2 fully saturated rings. The Morgan fingerprint density at radius 2 is 1.83 bits per heavy atom. The summed E-state index contributed by atoms with van der Waals surface area (Å²) in [4.78, 5) is 43.9. The molecule has 1 aromatic heterocycles. The summed E-state index contributed by atoms with van der Waals surface area (Å²) in [6.45, 7) is 1.60. The smallest absolute Gasteiger partial charge is 0.229 e. The first-order valence-corrected chi connectivity index (χ1v) is 9.56. The molecule has 1 saturated carbocycles. The fourth-order valence-corrected chi connectivity index (χ4v) is 4.58. The number of aromatic nitrogens is 1. The Labute approximate surface area is 144 Å². The van der Waals surface area contributed by atoms with Gasteiger partial charge in [0.25, 0.3) is 0 Å². The van der Waals surface area contributed by atoms with E-state index in [1.54, 1.807) is 0 Å². The predicted octanol–water partition coefficient (Wildman–Crippen LogP) is 2.25. The van der Waals surface area contributed by atoms with Crippen LogP contribution in [0.3, 0.4) is 0 Å². The highest BCUT2D eigenvalue weighted by Gasteiger charge is 2.36. The molecule has 3 aliphatic rings. The zero-order valence-corrected chi connectivity index (χ0v) is 14.4. The number of carbonyl (C=O) groups excluding carboxylic acids is 3. The van der Waals surface area contributed by atoms with E-state index in [4.69, 9.17) is 0 Å². The predicted molar refractivity (Wildman–Crippen MR) is 90.0 cm³/mol. The van der Waals surface area contributed by atoms with Crippen LogP contribution in [0.1, 0.15) is 53.9 Å². The molecule has 0 unspecified atom stereocenters. The van der Waals surface area contributed by atoms with Gasteiger partial charge < -0.3 is 10.2 Å². The Morgan fingerprint density at radius 3 is 2.50 bits per heavy atom. The number of nitrogens with zero attached hydrogens (tertiary/aromatic N) is 2. The van der Waals surface area contributed by atoms with Crippen LogP contribution < -0.4 is 5.32 Å². The summed E-state index contributed by atoms with van der Waals surface area (Å²) in [7, 11) is 0. The average Bonchev–Trinajstić information content (AvgIpc) is 3.13. The van der Waals surface area contributed by atoms with Gasteiger partial charge in [-0.3, -0.25) is 14.4 Å². The van der Waals surface area contributed by atoms with Crippen molar-refractivity contribution in [3.05, 3.63) is 10.6 Å². The number of fused-ring (bicyclic) bond motifs is 1. The van der Waals surface area contributed by atoms with Gasteiger partial charge in [0.15, 0.2) is 10.9 Å². The van der Waals surface area contributed by atoms with Crippen molar-refractivity contribution >= 4 is 34.1 Å². The summed E-state index contributed by atoms with van der Waals surface area (Å²) < 4.78 is 0. The number of rotatable bonds is 3. The lowest BCUT2D eigenvalue weighted by Gasteiger charge is -2.24. The maximum Gasteiger partial charge on any atom is 0.229 e. The summed E-state index contributed by atoms with van der Waals surface area (Å²) >= 11 is 1.25. The highest BCUT2D eigenvalue weighted by atomic mass is 32.1. The molecule has 0 radical (unpaired) electrons. The number of thiazole rings is 1. The highest BCUT2D eigenvalue weighted by molar-refractivity contribution is 7.17. The third kappa shape index (κ3) is 2.85. The zero-order chi connectivity index (χ0) is 16.7. The lowest BCUT2D eigenvalue weighted by Crippen LogP contribution is -2.37. The van der Waals surface area contributed by atoms with Gasteiger partial charge >= 0.3 is 0 Å². The van der Waals surface area contributed by atoms with E-state index >= 15 is 0 Å². The van der Waals surface area contributed by atoms with Crippen LogP contribution in [0, 0.1) is 11.8 Å². The van der Waals surface area contributed by atoms with Gasteiger partial charge in [0.1, 0.15) is 0 Å². The van der Waals surface area contributed by atoms with Crippen LogP contribution in [0.2, 0.25) is 0 Å². The molecular formula is C17H21N3O3S. The third-order valence-electron chi connectivity index (χ3n) is 5.30. The molecule has 4 rings (SSSR count). The van der Waals surface area contributed by atoms with Crippen LogP contribution in [0.5, 0.6) is 0 Å². The third-order valence-corrected chi connectivity index (χ3v) is 6.35. The molecule has 1 aromatic rings. The molecular weight excluding hydrogens is 326 g/mol. The molecule has 0 spiro atoms. The topological polar surface area (TPSA) is 79.4 Å². The van der Waals surface area contributed by atoms with Gasteiger partial charge in [0.2, 0.25) is 11.8 Å². The first-order valence-electron chi connectivity index (χ1n) is 8.74. The molecule has 2 aliphatic carbocycles. The van der Waals surface area contributed by atoms with Crippen molar-refractivity contribution in [2.45, 2.75) is 44.9 Å². The molecule has 1 aliphatic heterocycles. The fraction of sp³-hybridized carbons (Fsp3) is 0.647. The van der Waals surface area contributed by atoms with Crippen LogP contribution in [-0.4, -0.2) is 40.6 Å². The normalized spacial score (nSPS) is 23.8. The van der Waals surface area contributed by atoms with Crippen LogP contribution in [0.25, 0.3) is 0 Å². The number of amides is 2. The van der Waals surface area contributed by atoms with E-state index in [-0.39, 0.29) is 35.9 Å². The summed E-state index contributed by atoms with van der Waals surface area (Å²) in [5, 5.41) is 3.34. The lowest BCUT2D eigenvalue weighted by molar-refractivity contribution is -0.134. The second-order valence-electron chi connectivity index (χ2n) is 6.97. The SMILES string of the molecule is O=C1C[C@H](C(=O)N2CCCC2)Cc2nc(NC(=O)C3CCC3)sc21. The van der Waals surface area contributed by atoms with Crippen molar-refractivity contribution in [2.24, 2.45) is 11.8 Å². The maximum absolute atomic E-state index is 12.6. The van der Waals surface area contributed by atoms with Crippen LogP contribution in [0.4, 0.5) is 5.13 Å². The largest absolute Gasteiger partial charge is 0.342 e. The number of nitrogens with one attached hydrogen (secondary N) is 1. The molecule has 7 heteroatoms. The minimum absolute atomic E-state index is 0.00416. The summed E-state index contributed by atoms with van der Waals surface area (Å²) in [6, 6.07) is 0. The minimum Gasteiger partial charge on any atom is -0.342 e. The number of likely N-dealkylation sites (tertiary alicyclic amines) is 1. The molecule has 0 aromatic carbocycles. The molecule has 1 N–H and O–H groups in total. The van der Waals surface area contributed by atoms with E-state index in [2.05, 4.69) is 10.3 Å². The monoisotopic (exact) mass is 347 g/mol. The van der Waals surface area contributed by atoms with E-state index in [0.29, 0.717) is 22.1 Å². The number of hydrogen-bond acceptors (Lipinski definition) is 5. The van der Waals surface area contributed by atoms with Crippen LogP contribution in [0.15, 0.2) is 0 Å². The second-order valence-corrected chi connectivity index (χ2v) is 7.97. The van der Waals surface area contributed by atoms with Gasteiger partial charge in [0, 0.05) is 31.8 Å². The van der Waals surface area contributed by atoms with E-state index < -0.39 is 0 Å². The van der Waals surface area contributed by atoms with E-state index in [1.165, 1.54) is 11.3 Å². The van der Waals surface area contributed by atoms with E-state index in [9.17, 15) is 14.4 Å². The summed E-state index contributed by atoms with van der Waals surface area (Å²) in [6.07, 6.45) is 5.83. The zero-order valence-electron chi connectivity index (χ0n) is 13.5. The van der Waals surface area contributed by atoms with Crippen molar-refractivity contribution in [3.63, 3.8) is 0 Å². The Balaban J connectivity index is 1.47. The molecule has 2 heterocycles. The second kappa shape index (κ2) is 6.27.